The second-order valence-electron chi connectivity index (χ2n) is 8.06. The zero-order chi connectivity index (χ0) is 25.4. The standard InChI is InChI=1S/C24H19F2N9O/c1-13-3-7-20(32-31-13)29-15-4-6-18-19(10-15)34(12-28-18)21-8-5-17(22(36)23(25)26)24(30-21)35-14(2)9-16(11-27)33-35/h3-10,12,22-23,36H,1-2H3,(H,29,32). The lowest BCUT2D eigenvalue weighted by molar-refractivity contribution is -0.00603. The van der Waals surface area contributed by atoms with Crippen LogP contribution in [0.15, 0.2) is 54.9 Å². The monoisotopic (exact) mass is 487 g/mol. The van der Waals surface area contributed by atoms with Gasteiger partial charge in [-0.1, -0.05) is 0 Å². The molecule has 12 heteroatoms. The summed E-state index contributed by atoms with van der Waals surface area (Å²) in [5, 5.41) is 34.8. The van der Waals surface area contributed by atoms with Crippen LogP contribution in [0.5, 0.6) is 0 Å². The van der Waals surface area contributed by atoms with Crippen LogP contribution in [0.4, 0.5) is 20.3 Å². The van der Waals surface area contributed by atoms with E-state index in [9.17, 15) is 19.1 Å². The van der Waals surface area contributed by atoms with Gasteiger partial charge in [-0.3, -0.25) is 4.57 Å². The Balaban J connectivity index is 1.61. The molecule has 180 valence electrons. The van der Waals surface area contributed by atoms with Crippen LogP contribution >= 0.6 is 0 Å². The van der Waals surface area contributed by atoms with Crippen molar-refractivity contribution < 1.29 is 13.9 Å². The number of aliphatic hydroxyl groups is 1. The molecule has 1 atom stereocenters. The third kappa shape index (κ3) is 4.23. The normalized spacial score (nSPS) is 12.1. The van der Waals surface area contributed by atoms with Crippen LogP contribution in [0.3, 0.4) is 0 Å². The van der Waals surface area contributed by atoms with Gasteiger partial charge in [0, 0.05) is 16.9 Å². The Morgan fingerprint density at radius 3 is 2.58 bits per heavy atom. The topological polar surface area (TPSA) is 130 Å². The molecule has 2 N–H and O–H groups in total. The van der Waals surface area contributed by atoms with Crippen LogP contribution < -0.4 is 5.32 Å². The largest absolute Gasteiger partial charge is 0.382 e. The first-order valence-corrected chi connectivity index (χ1v) is 10.8. The van der Waals surface area contributed by atoms with Crippen molar-refractivity contribution in [3.05, 3.63) is 77.5 Å². The number of nitrogens with one attached hydrogen (secondary N) is 1. The quantitative estimate of drug-likeness (QED) is 0.369. The first kappa shape index (κ1) is 23.0. The van der Waals surface area contributed by atoms with Gasteiger partial charge in [0.25, 0.3) is 6.43 Å². The number of fused-ring (bicyclic) bond motifs is 1. The summed E-state index contributed by atoms with van der Waals surface area (Å²) in [6.07, 6.45) is -3.55. The van der Waals surface area contributed by atoms with Crippen LogP contribution in [-0.2, 0) is 0 Å². The minimum Gasteiger partial charge on any atom is -0.382 e. The van der Waals surface area contributed by atoms with Crippen molar-refractivity contribution >= 4 is 22.5 Å². The third-order valence-corrected chi connectivity index (χ3v) is 5.51. The smallest absolute Gasteiger partial charge is 0.268 e. The number of imidazole rings is 1. The van der Waals surface area contributed by atoms with Crippen LogP contribution in [0.25, 0.3) is 22.7 Å². The van der Waals surface area contributed by atoms with Gasteiger partial charge in [-0.2, -0.15) is 15.5 Å². The number of aryl methyl sites for hydroxylation is 2. The Labute approximate surface area is 203 Å². The number of rotatable bonds is 6. The SMILES string of the molecule is Cc1ccc(Nc2ccc3ncn(-c4ccc(C(O)C(F)F)c(-n5nc(C#N)cc5C)n4)c3c2)nn1. The van der Waals surface area contributed by atoms with Gasteiger partial charge in [0.15, 0.2) is 17.3 Å². The molecule has 0 bridgehead atoms. The molecule has 0 radical (unpaired) electrons. The lowest BCUT2D eigenvalue weighted by Gasteiger charge is -2.16. The average molecular weight is 487 g/mol. The highest BCUT2D eigenvalue weighted by molar-refractivity contribution is 5.82. The van der Waals surface area contributed by atoms with Gasteiger partial charge in [-0.05, 0) is 62.4 Å². The Bertz CT molecular complexity index is 1600. The number of pyridine rings is 1. The Morgan fingerprint density at radius 1 is 1.06 bits per heavy atom. The maximum Gasteiger partial charge on any atom is 0.268 e. The van der Waals surface area contributed by atoms with E-state index in [4.69, 9.17) is 0 Å². The van der Waals surface area contributed by atoms with Gasteiger partial charge in [0.05, 0.1) is 16.7 Å². The van der Waals surface area contributed by atoms with E-state index in [1.807, 2.05) is 43.3 Å². The number of hydrogen-bond donors (Lipinski definition) is 2. The first-order chi connectivity index (χ1) is 17.3. The maximum atomic E-state index is 13.4. The highest BCUT2D eigenvalue weighted by Gasteiger charge is 2.26. The molecule has 0 saturated carbocycles. The third-order valence-electron chi connectivity index (χ3n) is 5.51. The fraction of sp³-hybridized carbons (Fsp3) is 0.167. The molecule has 36 heavy (non-hydrogen) atoms. The van der Waals surface area contributed by atoms with Crippen molar-refractivity contribution in [1.29, 1.82) is 5.26 Å². The number of nitrogens with zero attached hydrogens (tertiary/aromatic N) is 8. The van der Waals surface area contributed by atoms with E-state index in [-0.39, 0.29) is 17.1 Å². The molecule has 4 heterocycles. The molecule has 5 aromatic rings. The molecule has 0 aliphatic rings. The van der Waals surface area contributed by atoms with E-state index in [1.54, 1.807) is 17.8 Å². The Kier molecular flexibility index (Phi) is 5.83. The summed E-state index contributed by atoms with van der Waals surface area (Å²) in [5.74, 6) is 0.919. The molecule has 1 unspecified atom stereocenters. The van der Waals surface area contributed by atoms with Crippen molar-refractivity contribution in [2.75, 3.05) is 5.32 Å². The second kappa shape index (κ2) is 9.12. The fourth-order valence-corrected chi connectivity index (χ4v) is 3.74. The minimum absolute atomic E-state index is 0.00893. The number of nitriles is 1. The zero-order valence-corrected chi connectivity index (χ0v) is 19.1. The summed E-state index contributed by atoms with van der Waals surface area (Å²) in [7, 11) is 0. The maximum absolute atomic E-state index is 13.4. The summed E-state index contributed by atoms with van der Waals surface area (Å²) >= 11 is 0. The number of hydrogen-bond acceptors (Lipinski definition) is 8. The summed E-state index contributed by atoms with van der Waals surface area (Å²) in [6.45, 7) is 3.51. The number of aliphatic hydroxyl groups excluding tert-OH is 1. The Morgan fingerprint density at radius 2 is 1.89 bits per heavy atom. The molecule has 5 rings (SSSR count). The van der Waals surface area contributed by atoms with Crippen molar-refractivity contribution in [3.63, 3.8) is 0 Å². The summed E-state index contributed by atoms with van der Waals surface area (Å²) in [4.78, 5) is 8.96. The molecule has 0 fully saturated rings. The summed E-state index contributed by atoms with van der Waals surface area (Å²) in [5.41, 5.74) is 3.38. The molecule has 0 aliphatic carbocycles. The predicted octanol–water partition coefficient (Wildman–Crippen LogP) is 3.93. The van der Waals surface area contributed by atoms with Gasteiger partial charge in [0.2, 0.25) is 0 Å². The number of halogens is 2. The van der Waals surface area contributed by atoms with Gasteiger partial charge >= 0.3 is 0 Å². The zero-order valence-electron chi connectivity index (χ0n) is 19.1. The minimum atomic E-state index is -3.03. The van der Waals surface area contributed by atoms with Crippen LogP contribution in [0.1, 0.15) is 28.7 Å². The highest BCUT2D eigenvalue weighted by atomic mass is 19.3. The molecule has 0 spiro atoms. The molecule has 0 saturated heterocycles. The van der Waals surface area contributed by atoms with E-state index in [0.29, 0.717) is 28.4 Å². The van der Waals surface area contributed by atoms with Crippen molar-refractivity contribution in [2.45, 2.75) is 26.4 Å². The molecule has 10 nitrogen and oxygen atoms in total. The predicted molar refractivity (Wildman–Crippen MR) is 126 cm³/mol. The molecule has 1 aromatic carbocycles. The lowest BCUT2D eigenvalue weighted by atomic mass is 10.1. The van der Waals surface area contributed by atoms with Crippen molar-refractivity contribution in [3.8, 4) is 17.7 Å². The van der Waals surface area contributed by atoms with Crippen molar-refractivity contribution in [1.82, 2.24) is 34.5 Å². The van der Waals surface area contributed by atoms with Gasteiger partial charge < -0.3 is 10.4 Å². The van der Waals surface area contributed by atoms with Crippen molar-refractivity contribution in [2.24, 2.45) is 0 Å². The molecule has 4 aromatic heterocycles. The van der Waals surface area contributed by atoms with E-state index >= 15 is 0 Å². The average Bonchev–Trinajstić information content (AvgIpc) is 3.47. The number of benzene rings is 1. The lowest BCUT2D eigenvalue weighted by Crippen LogP contribution is -2.16. The van der Waals surface area contributed by atoms with Gasteiger partial charge in [-0.15, -0.1) is 5.10 Å². The van der Waals surface area contributed by atoms with E-state index in [2.05, 4.69) is 30.6 Å². The molecular formula is C24H19F2N9O. The molecule has 0 aliphatic heterocycles. The number of anilines is 2. The summed E-state index contributed by atoms with van der Waals surface area (Å²) in [6, 6.07) is 15.5. The highest BCUT2D eigenvalue weighted by Crippen LogP contribution is 2.29. The van der Waals surface area contributed by atoms with Gasteiger partial charge in [-0.25, -0.2) is 23.4 Å². The second-order valence-corrected chi connectivity index (χ2v) is 8.06. The molecular weight excluding hydrogens is 468 g/mol. The van der Waals surface area contributed by atoms with E-state index in [0.717, 1.165) is 11.4 Å². The number of alkyl halides is 2. The van der Waals surface area contributed by atoms with Crippen LogP contribution in [-0.4, -0.2) is 46.0 Å². The first-order valence-electron chi connectivity index (χ1n) is 10.8. The fourth-order valence-electron chi connectivity index (χ4n) is 3.74. The van der Waals surface area contributed by atoms with Gasteiger partial charge in [0.1, 0.15) is 24.3 Å². The number of aromatic nitrogens is 7. The van der Waals surface area contributed by atoms with E-state index in [1.165, 1.54) is 22.9 Å². The summed E-state index contributed by atoms with van der Waals surface area (Å²) < 4.78 is 29.8. The van der Waals surface area contributed by atoms with Crippen LogP contribution in [0, 0.1) is 25.2 Å². The Hall–Kier alpha value is -4.76. The molecule has 0 amide bonds. The van der Waals surface area contributed by atoms with Crippen LogP contribution in [0.2, 0.25) is 0 Å². The van der Waals surface area contributed by atoms with E-state index < -0.39 is 12.5 Å².